The van der Waals surface area contributed by atoms with Gasteiger partial charge in [0.1, 0.15) is 17.5 Å². The minimum atomic E-state index is -0.939. The number of hydrogen-bond acceptors (Lipinski definition) is 5. The molecule has 0 unspecified atom stereocenters. The number of amides is 2. The SMILES string of the molecule is COc1ccc(C(=O)N[C@@H](Cc2ccccc2)C(=O)N(CCCC(=O)O)c2ccc(OC)cc2)cc1. The topological polar surface area (TPSA) is 105 Å². The summed E-state index contributed by atoms with van der Waals surface area (Å²) in [6.07, 6.45) is 0.451. The normalized spacial score (nSPS) is 11.3. The van der Waals surface area contributed by atoms with Gasteiger partial charge in [0.25, 0.3) is 5.91 Å². The van der Waals surface area contributed by atoms with Gasteiger partial charge in [0.2, 0.25) is 5.91 Å². The smallest absolute Gasteiger partial charge is 0.303 e. The number of benzene rings is 3. The summed E-state index contributed by atoms with van der Waals surface area (Å²) in [7, 11) is 3.09. The van der Waals surface area contributed by atoms with Crippen LogP contribution in [0.15, 0.2) is 78.9 Å². The second-order valence-electron chi connectivity index (χ2n) is 8.13. The molecule has 0 aliphatic heterocycles. The van der Waals surface area contributed by atoms with Crippen LogP contribution in [0, 0.1) is 0 Å². The van der Waals surface area contributed by atoms with Crippen LogP contribution in [0.3, 0.4) is 0 Å². The average Bonchev–Trinajstić information content (AvgIpc) is 2.91. The molecule has 8 heteroatoms. The fourth-order valence-electron chi connectivity index (χ4n) is 3.74. The fraction of sp³-hybridized carbons (Fsp3) is 0.250. The molecule has 0 fully saturated rings. The minimum Gasteiger partial charge on any atom is -0.497 e. The van der Waals surface area contributed by atoms with Crippen molar-refractivity contribution in [2.45, 2.75) is 25.3 Å². The van der Waals surface area contributed by atoms with Crippen LogP contribution < -0.4 is 19.7 Å². The van der Waals surface area contributed by atoms with Crippen LogP contribution in [0.1, 0.15) is 28.8 Å². The molecule has 0 aliphatic carbocycles. The highest BCUT2D eigenvalue weighted by Gasteiger charge is 2.28. The van der Waals surface area contributed by atoms with Crippen LogP contribution in [0.5, 0.6) is 11.5 Å². The maximum absolute atomic E-state index is 13.9. The molecule has 0 bridgehead atoms. The van der Waals surface area contributed by atoms with Gasteiger partial charge in [0.15, 0.2) is 0 Å². The second-order valence-corrected chi connectivity index (χ2v) is 8.13. The standard InChI is InChI=1S/C28H30N2O6/c1-35-23-14-10-21(11-15-23)27(33)29-25(19-20-7-4-3-5-8-20)28(34)30(18-6-9-26(31)32)22-12-16-24(36-2)17-13-22/h3-5,7-8,10-17,25H,6,9,18-19H2,1-2H3,(H,29,33)(H,31,32)/t25-/m0/s1. The Balaban J connectivity index is 1.90. The number of methoxy groups -OCH3 is 2. The average molecular weight is 491 g/mol. The number of aliphatic carboxylic acids is 1. The van der Waals surface area contributed by atoms with Crippen molar-refractivity contribution < 1.29 is 29.0 Å². The maximum atomic E-state index is 13.9. The number of carboxylic acids is 1. The quantitative estimate of drug-likeness (QED) is 0.398. The second kappa shape index (κ2) is 12.9. The zero-order chi connectivity index (χ0) is 25.9. The highest BCUT2D eigenvalue weighted by atomic mass is 16.5. The van der Waals surface area contributed by atoms with E-state index >= 15 is 0 Å². The number of carbonyl (C=O) groups is 3. The number of carboxylic acid groups (broad SMARTS) is 1. The lowest BCUT2D eigenvalue weighted by atomic mass is 10.0. The van der Waals surface area contributed by atoms with E-state index in [1.54, 1.807) is 62.8 Å². The van der Waals surface area contributed by atoms with E-state index in [4.69, 9.17) is 14.6 Å². The van der Waals surface area contributed by atoms with Gasteiger partial charge in [0, 0.05) is 30.6 Å². The van der Waals surface area contributed by atoms with E-state index in [9.17, 15) is 14.4 Å². The van der Waals surface area contributed by atoms with Crippen LogP contribution >= 0.6 is 0 Å². The molecule has 3 rings (SSSR count). The van der Waals surface area contributed by atoms with Gasteiger partial charge in [-0.15, -0.1) is 0 Å². The summed E-state index contributed by atoms with van der Waals surface area (Å²) in [5.74, 6) is -0.424. The largest absolute Gasteiger partial charge is 0.497 e. The molecule has 1 atom stereocenters. The Labute approximate surface area is 210 Å². The summed E-state index contributed by atoms with van der Waals surface area (Å²) < 4.78 is 10.4. The van der Waals surface area contributed by atoms with E-state index in [1.807, 2.05) is 30.3 Å². The highest BCUT2D eigenvalue weighted by molar-refractivity contribution is 6.02. The van der Waals surface area contributed by atoms with Crippen molar-refractivity contribution in [2.75, 3.05) is 25.7 Å². The van der Waals surface area contributed by atoms with Gasteiger partial charge in [0.05, 0.1) is 14.2 Å². The Hall–Kier alpha value is -4.33. The van der Waals surface area contributed by atoms with Crippen molar-refractivity contribution in [3.8, 4) is 11.5 Å². The monoisotopic (exact) mass is 490 g/mol. The van der Waals surface area contributed by atoms with Crippen molar-refractivity contribution in [1.82, 2.24) is 5.32 Å². The number of ether oxygens (including phenoxy) is 2. The van der Waals surface area contributed by atoms with E-state index in [2.05, 4.69) is 5.32 Å². The van der Waals surface area contributed by atoms with Gasteiger partial charge >= 0.3 is 5.97 Å². The number of hydrogen-bond donors (Lipinski definition) is 2. The number of nitrogens with one attached hydrogen (secondary N) is 1. The summed E-state index contributed by atoms with van der Waals surface area (Å²) in [6.45, 7) is 0.182. The molecule has 36 heavy (non-hydrogen) atoms. The molecule has 2 N–H and O–H groups in total. The lowest BCUT2D eigenvalue weighted by Crippen LogP contribution is -2.50. The number of anilines is 1. The predicted molar refractivity (Wildman–Crippen MR) is 137 cm³/mol. The Morgan fingerprint density at radius 2 is 1.44 bits per heavy atom. The Bertz CT molecular complexity index is 1150. The number of carbonyl (C=O) groups excluding carboxylic acids is 2. The van der Waals surface area contributed by atoms with Crippen molar-refractivity contribution in [1.29, 1.82) is 0 Å². The summed E-state index contributed by atoms with van der Waals surface area (Å²) in [4.78, 5) is 39.6. The Morgan fingerprint density at radius 3 is 2.00 bits per heavy atom. The van der Waals surface area contributed by atoms with Crippen LogP contribution in [0.2, 0.25) is 0 Å². The zero-order valence-corrected chi connectivity index (χ0v) is 20.3. The van der Waals surface area contributed by atoms with E-state index in [-0.39, 0.29) is 31.7 Å². The number of nitrogens with zero attached hydrogens (tertiary/aromatic N) is 1. The Kier molecular flexibility index (Phi) is 9.45. The Morgan fingerprint density at radius 1 is 0.861 bits per heavy atom. The molecule has 188 valence electrons. The first-order chi connectivity index (χ1) is 17.4. The van der Waals surface area contributed by atoms with E-state index in [1.165, 1.54) is 4.90 Å². The third-order valence-electron chi connectivity index (χ3n) is 5.66. The lowest BCUT2D eigenvalue weighted by molar-refractivity contribution is -0.137. The fourth-order valence-corrected chi connectivity index (χ4v) is 3.74. The molecule has 0 radical (unpaired) electrons. The first kappa shape index (κ1) is 26.3. The van der Waals surface area contributed by atoms with Gasteiger partial charge in [-0.1, -0.05) is 30.3 Å². The summed E-state index contributed by atoms with van der Waals surface area (Å²) >= 11 is 0. The van der Waals surface area contributed by atoms with Gasteiger partial charge in [-0.05, 0) is 60.5 Å². The van der Waals surface area contributed by atoms with Crippen molar-refractivity contribution in [2.24, 2.45) is 0 Å². The number of rotatable bonds is 12. The third kappa shape index (κ3) is 7.33. The third-order valence-corrected chi connectivity index (χ3v) is 5.66. The van der Waals surface area contributed by atoms with Crippen molar-refractivity contribution in [3.05, 3.63) is 90.0 Å². The van der Waals surface area contributed by atoms with Crippen LogP contribution in [0.25, 0.3) is 0 Å². The molecule has 0 spiro atoms. The molecule has 3 aromatic rings. The minimum absolute atomic E-state index is 0.0819. The molecule has 0 aliphatic rings. The van der Waals surface area contributed by atoms with Crippen LogP contribution in [-0.2, 0) is 16.0 Å². The first-order valence-corrected chi connectivity index (χ1v) is 11.6. The molecule has 2 amide bonds. The van der Waals surface area contributed by atoms with Gasteiger partial charge in [-0.2, -0.15) is 0 Å². The molecule has 0 aromatic heterocycles. The molecule has 3 aromatic carbocycles. The molecular weight excluding hydrogens is 460 g/mol. The van der Waals surface area contributed by atoms with Gasteiger partial charge in [-0.3, -0.25) is 14.4 Å². The van der Waals surface area contributed by atoms with E-state index in [0.717, 1.165) is 5.56 Å². The summed E-state index contributed by atoms with van der Waals surface area (Å²) in [5, 5.41) is 12.0. The molecule has 8 nitrogen and oxygen atoms in total. The zero-order valence-electron chi connectivity index (χ0n) is 20.3. The molecular formula is C28H30N2O6. The molecule has 0 heterocycles. The highest BCUT2D eigenvalue weighted by Crippen LogP contribution is 2.22. The maximum Gasteiger partial charge on any atom is 0.303 e. The predicted octanol–water partition coefficient (Wildman–Crippen LogP) is 3.94. The van der Waals surface area contributed by atoms with Crippen molar-refractivity contribution in [3.63, 3.8) is 0 Å². The van der Waals surface area contributed by atoms with Crippen LogP contribution in [-0.4, -0.2) is 49.7 Å². The van der Waals surface area contributed by atoms with E-state index < -0.39 is 17.9 Å². The summed E-state index contributed by atoms with van der Waals surface area (Å²) in [5.41, 5.74) is 1.86. The molecule has 0 saturated heterocycles. The van der Waals surface area contributed by atoms with Crippen LogP contribution in [0.4, 0.5) is 5.69 Å². The van der Waals surface area contributed by atoms with Crippen molar-refractivity contribution >= 4 is 23.5 Å². The van der Waals surface area contributed by atoms with E-state index in [0.29, 0.717) is 22.7 Å². The van der Waals surface area contributed by atoms with Gasteiger partial charge < -0.3 is 24.8 Å². The lowest BCUT2D eigenvalue weighted by Gasteiger charge is -2.28. The molecule has 0 saturated carbocycles. The van der Waals surface area contributed by atoms with Gasteiger partial charge in [-0.25, -0.2) is 0 Å². The summed E-state index contributed by atoms with van der Waals surface area (Å²) in [6, 6.07) is 22.1. The first-order valence-electron chi connectivity index (χ1n) is 11.6.